The maximum Gasteiger partial charge on any atom is 0.399 e. The summed E-state index contributed by atoms with van der Waals surface area (Å²) in [7, 11) is -1.98. The summed E-state index contributed by atoms with van der Waals surface area (Å²) in [6.07, 6.45) is 0.0541. The first-order valence-corrected chi connectivity index (χ1v) is 7.82. The first-order valence-electron chi connectivity index (χ1n) is 6.30. The van der Waals surface area contributed by atoms with E-state index < -0.39 is 31.9 Å². The third kappa shape index (κ3) is 5.89. The van der Waals surface area contributed by atoms with Crippen molar-refractivity contribution in [3.8, 4) is 0 Å². The third-order valence-electron chi connectivity index (χ3n) is 2.42. The van der Waals surface area contributed by atoms with E-state index in [1.54, 1.807) is 13.8 Å². The van der Waals surface area contributed by atoms with Gasteiger partial charge in [-0.3, -0.25) is 4.79 Å². The Morgan fingerprint density at radius 3 is 2.28 bits per heavy atom. The molecule has 6 heteroatoms. The van der Waals surface area contributed by atoms with Gasteiger partial charge in [0.1, 0.15) is 5.92 Å². The molecule has 0 aromatic heterocycles. The van der Waals surface area contributed by atoms with E-state index in [4.69, 9.17) is 14.6 Å². The summed E-state index contributed by atoms with van der Waals surface area (Å²) in [6.45, 7) is 8.07. The summed E-state index contributed by atoms with van der Waals surface area (Å²) in [6, 6.07) is 0. The summed E-state index contributed by atoms with van der Waals surface area (Å²) in [4.78, 5) is 11.9. The second kappa shape index (κ2) is 9.42. The Balaban J connectivity index is 4.95. The summed E-state index contributed by atoms with van der Waals surface area (Å²) in [5.41, 5.74) is 0. The lowest BCUT2D eigenvalue weighted by molar-refractivity contribution is -0.152. The van der Waals surface area contributed by atoms with Gasteiger partial charge in [-0.2, -0.15) is 0 Å². The Hall–Kier alpha value is -0.510. The van der Waals surface area contributed by atoms with Gasteiger partial charge in [-0.1, -0.05) is 18.4 Å². The average molecular weight is 279 g/mol. The van der Waals surface area contributed by atoms with E-state index in [1.165, 1.54) is 0 Å². The van der Waals surface area contributed by atoms with Crippen LogP contribution in [0.1, 0.15) is 34.1 Å². The Kier molecular flexibility index (Phi) is 9.16. The van der Waals surface area contributed by atoms with Gasteiger partial charge < -0.3 is 14.6 Å². The molecule has 18 heavy (non-hydrogen) atoms. The van der Waals surface area contributed by atoms with E-state index >= 15 is 0 Å². The van der Waals surface area contributed by atoms with Gasteiger partial charge in [-0.05, 0) is 26.2 Å². The normalized spacial score (nSPS) is 15.3. The molecule has 0 aliphatic heterocycles. The lowest BCUT2D eigenvalue weighted by Crippen LogP contribution is -2.31. The van der Waals surface area contributed by atoms with Crippen molar-refractivity contribution in [1.82, 2.24) is 0 Å². The minimum absolute atomic E-state index is 0.254. The lowest BCUT2D eigenvalue weighted by Gasteiger charge is -2.19. The smallest absolute Gasteiger partial charge is 0.399 e. The van der Waals surface area contributed by atoms with E-state index in [2.05, 4.69) is 0 Å². The molecule has 3 atom stereocenters. The fourth-order valence-corrected chi connectivity index (χ4v) is 2.86. The van der Waals surface area contributed by atoms with Gasteiger partial charge in [-0.25, -0.2) is 0 Å². The molecule has 0 amide bonds. The van der Waals surface area contributed by atoms with Crippen molar-refractivity contribution in [1.29, 1.82) is 0 Å². The van der Waals surface area contributed by atoms with Crippen LogP contribution in [0, 0.1) is 11.8 Å². The number of rotatable bonds is 9. The maximum absolute atomic E-state index is 11.9. The van der Waals surface area contributed by atoms with Crippen LogP contribution in [0.2, 0.25) is 0 Å². The van der Waals surface area contributed by atoms with Crippen molar-refractivity contribution in [2.45, 2.75) is 40.0 Å². The van der Waals surface area contributed by atoms with Crippen LogP contribution in [0.15, 0.2) is 0 Å². The zero-order valence-electron chi connectivity index (χ0n) is 11.6. The van der Waals surface area contributed by atoms with Crippen molar-refractivity contribution in [3.63, 3.8) is 0 Å². The SMILES string of the molecule is CCOC(=O)C(CC(C)C)C(OCC)[P+](=O)CO. The summed E-state index contributed by atoms with van der Waals surface area (Å²) in [5.74, 6) is -1.50. The average Bonchev–Trinajstić information content (AvgIpc) is 2.32. The Morgan fingerprint density at radius 1 is 1.28 bits per heavy atom. The molecule has 0 radical (unpaired) electrons. The van der Waals surface area contributed by atoms with Gasteiger partial charge in [0.15, 0.2) is 0 Å². The van der Waals surface area contributed by atoms with Crippen molar-refractivity contribution in [2.75, 3.05) is 19.6 Å². The Labute approximate surface area is 110 Å². The van der Waals surface area contributed by atoms with Crippen LogP contribution in [0.4, 0.5) is 0 Å². The Morgan fingerprint density at radius 2 is 1.89 bits per heavy atom. The minimum atomic E-state index is -1.98. The molecule has 0 bridgehead atoms. The Bertz CT molecular complexity index is 267. The fourth-order valence-electron chi connectivity index (χ4n) is 1.74. The van der Waals surface area contributed by atoms with Gasteiger partial charge in [-0.15, -0.1) is 0 Å². The predicted octanol–water partition coefficient (Wildman–Crippen LogP) is 2.35. The van der Waals surface area contributed by atoms with Gasteiger partial charge in [0.05, 0.1) is 6.61 Å². The number of ether oxygens (including phenoxy) is 2. The summed E-state index contributed by atoms with van der Waals surface area (Å²) >= 11 is 0. The van der Waals surface area contributed by atoms with Crippen LogP contribution in [-0.2, 0) is 18.8 Å². The second-order valence-corrected chi connectivity index (χ2v) is 6.02. The molecule has 106 valence electrons. The highest BCUT2D eigenvalue weighted by molar-refractivity contribution is 7.45. The number of hydrogen-bond donors (Lipinski definition) is 1. The van der Waals surface area contributed by atoms with Gasteiger partial charge >= 0.3 is 13.8 Å². The largest absolute Gasteiger partial charge is 0.466 e. The minimum Gasteiger partial charge on any atom is -0.466 e. The van der Waals surface area contributed by atoms with Crippen LogP contribution >= 0.6 is 7.80 Å². The van der Waals surface area contributed by atoms with E-state index in [0.29, 0.717) is 13.0 Å². The van der Waals surface area contributed by atoms with Crippen LogP contribution in [-0.4, -0.2) is 36.5 Å². The third-order valence-corrected chi connectivity index (χ3v) is 3.77. The molecule has 1 N–H and O–H groups in total. The van der Waals surface area contributed by atoms with Crippen molar-refractivity contribution < 1.29 is 23.9 Å². The number of carbonyl (C=O) groups excluding carboxylic acids is 1. The summed E-state index contributed by atoms with van der Waals surface area (Å²) < 4.78 is 22.2. The molecular weight excluding hydrogens is 255 g/mol. The monoisotopic (exact) mass is 279 g/mol. The number of carbonyl (C=O) groups is 1. The molecular formula is C12H24O5P+. The van der Waals surface area contributed by atoms with E-state index in [-0.39, 0.29) is 12.5 Å². The quantitative estimate of drug-likeness (QED) is 0.518. The fraction of sp³-hybridized carbons (Fsp3) is 0.917. The summed E-state index contributed by atoms with van der Waals surface area (Å²) in [5, 5.41) is 9.01. The van der Waals surface area contributed by atoms with E-state index in [1.807, 2.05) is 13.8 Å². The van der Waals surface area contributed by atoms with Gasteiger partial charge in [0, 0.05) is 6.61 Å². The highest BCUT2D eigenvalue weighted by Gasteiger charge is 2.43. The van der Waals surface area contributed by atoms with Crippen LogP contribution < -0.4 is 0 Å². The van der Waals surface area contributed by atoms with Crippen LogP contribution in [0.5, 0.6) is 0 Å². The first kappa shape index (κ1) is 17.5. The molecule has 3 unspecified atom stereocenters. The van der Waals surface area contributed by atoms with Crippen LogP contribution in [0.25, 0.3) is 0 Å². The molecule has 0 rings (SSSR count). The maximum atomic E-state index is 11.9. The van der Waals surface area contributed by atoms with Crippen LogP contribution in [0.3, 0.4) is 0 Å². The zero-order chi connectivity index (χ0) is 14.1. The highest BCUT2D eigenvalue weighted by Crippen LogP contribution is 2.36. The molecule has 0 saturated carbocycles. The number of aliphatic hydroxyl groups excluding tert-OH is 1. The number of esters is 1. The number of hydrogen-bond acceptors (Lipinski definition) is 5. The molecule has 0 aromatic carbocycles. The molecule has 5 nitrogen and oxygen atoms in total. The standard InChI is InChI=1S/C12H24O5P/c1-5-16-11(14)10(7-9(3)4)12(17-6-2)18(15)8-13/h9-10,12-13H,5-8H2,1-4H3/q+1. The second-order valence-electron chi connectivity index (χ2n) is 4.39. The molecule has 0 spiro atoms. The topological polar surface area (TPSA) is 72.8 Å². The molecule has 0 saturated heterocycles. The molecule has 0 aromatic rings. The molecule has 0 aliphatic carbocycles. The van der Waals surface area contributed by atoms with Crippen molar-refractivity contribution in [2.24, 2.45) is 11.8 Å². The van der Waals surface area contributed by atoms with Gasteiger partial charge in [0.2, 0.25) is 6.35 Å². The van der Waals surface area contributed by atoms with E-state index in [0.717, 1.165) is 0 Å². The molecule has 0 aliphatic rings. The molecule has 0 fully saturated rings. The number of aliphatic hydroxyl groups is 1. The zero-order valence-corrected chi connectivity index (χ0v) is 12.5. The predicted molar refractivity (Wildman–Crippen MR) is 69.7 cm³/mol. The molecule has 0 heterocycles. The lowest BCUT2D eigenvalue weighted by atomic mass is 9.97. The first-order chi connectivity index (χ1) is 8.47. The van der Waals surface area contributed by atoms with Crippen molar-refractivity contribution in [3.05, 3.63) is 0 Å². The van der Waals surface area contributed by atoms with E-state index in [9.17, 15) is 9.36 Å². The van der Waals surface area contributed by atoms with Gasteiger partial charge in [0.25, 0.3) is 5.85 Å². The highest BCUT2D eigenvalue weighted by atomic mass is 31.1. The van der Waals surface area contributed by atoms with Crippen molar-refractivity contribution >= 4 is 13.8 Å².